The number of piperazine rings is 1. The van der Waals surface area contributed by atoms with Crippen LogP contribution in [-0.4, -0.2) is 61.4 Å². The van der Waals surface area contributed by atoms with Gasteiger partial charge >= 0.3 is 0 Å². The molecule has 0 aliphatic carbocycles. The zero-order valence-electron chi connectivity index (χ0n) is 17.6. The number of rotatable bonds is 4. The minimum Gasteiger partial charge on any atom is -0.336 e. The Bertz CT molecular complexity index is 1010. The molecule has 0 radical (unpaired) electrons. The third kappa shape index (κ3) is 3.70. The van der Waals surface area contributed by atoms with Crippen LogP contribution in [0.25, 0.3) is 5.69 Å². The molecule has 0 bridgehead atoms. The van der Waals surface area contributed by atoms with Gasteiger partial charge in [-0.05, 0) is 32.9 Å². The van der Waals surface area contributed by atoms with E-state index < -0.39 is 0 Å². The van der Waals surface area contributed by atoms with Crippen molar-refractivity contribution in [3.8, 4) is 5.69 Å². The number of aromatic nitrogens is 4. The van der Waals surface area contributed by atoms with Crippen LogP contribution in [0.5, 0.6) is 0 Å². The third-order valence-electron chi connectivity index (χ3n) is 5.95. The average Bonchev–Trinajstić information content (AvgIpc) is 3.22. The summed E-state index contributed by atoms with van der Waals surface area (Å²) in [5.41, 5.74) is 6.22. The Morgan fingerprint density at radius 2 is 1.69 bits per heavy atom. The molecule has 3 heterocycles. The van der Waals surface area contributed by atoms with Crippen molar-refractivity contribution in [2.75, 3.05) is 26.2 Å². The largest absolute Gasteiger partial charge is 0.336 e. The summed E-state index contributed by atoms with van der Waals surface area (Å²) in [6, 6.07) is 10.2. The molecule has 0 unspecified atom stereocenters. The fourth-order valence-corrected chi connectivity index (χ4v) is 3.94. The number of hydrogen-bond donors (Lipinski definition) is 0. The molecule has 2 aromatic heterocycles. The van der Waals surface area contributed by atoms with Crippen molar-refractivity contribution >= 4 is 5.91 Å². The zero-order chi connectivity index (χ0) is 20.5. The lowest BCUT2D eigenvalue weighted by Gasteiger charge is -2.34. The van der Waals surface area contributed by atoms with E-state index in [0.717, 1.165) is 49.8 Å². The number of para-hydroxylation sites is 1. The Morgan fingerprint density at radius 3 is 2.31 bits per heavy atom. The summed E-state index contributed by atoms with van der Waals surface area (Å²) in [5, 5.41) is 8.96. The minimum absolute atomic E-state index is 0.0829. The summed E-state index contributed by atoms with van der Waals surface area (Å²) >= 11 is 0. The second-order valence-electron chi connectivity index (χ2n) is 7.73. The number of carbonyl (C=O) groups is 1. The number of aryl methyl sites for hydroxylation is 2. The number of nitrogens with zero attached hydrogens (tertiary/aromatic N) is 6. The molecular formula is C22H28N6O. The van der Waals surface area contributed by atoms with Gasteiger partial charge < -0.3 is 4.90 Å². The Labute approximate surface area is 171 Å². The maximum Gasteiger partial charge on any atom is 0.257 e. The summed E-state index contributed by atoms with van der Waals surface area (Å²) in [7, 11) is 1.87. The van der Waals surface area contributed by atoms with Crippen molar-refractivity contribution in [2.24, 2.45) is 7.05 Å². The Balaban J connectivity index is 1.42. The van der Waals surface area contributed by atoms with Crippen LogP contribution in [0.4, 0.5) is 0 Å². The van der Waals surface area contributed by atoms with Gasteiger partial charge in [-0.15, -0.1) is 0 Å². The molecule has 0 spiro atoms. The maximum absolute atomic E-state index is 12.8. The molecule has 0 atom stereocenters. The van der Waals surface area contributed by atoms with E-state index in [0.29, 0.717) is 5.56 Å². The molecule has 1 amide bonds. The predicted octanol–water partition coefficient (Wildman–Crippen LogP) is 2.49. The van der Waals surface area contributed by atoms with Gasteiger partial charge in [0.2, 0.25) is 0 Å². The minimum atomic E-state index is 0.0829. The average molecular weight is 393 g/mol. The van der Waals surface area contributed by atoms with E-state index in [1.807, 2.05) is 41.8 Å². The van der Waals surface area contributed by atoms with Crippen LogP contribution in [0.15, 0.2) is 36.5 Å². The molecule has 29 heavy (non-hydrogen) atoms. The molecule has 0 saturated carbocycles. The van der Waals surface area contributed by atoms with Gasteiger partial charge in [0.05, 0.1) is 23.1 Å². The van der Waals surface area contributed by atoms with Gasteiger partial charge in [0.25, 0.3) is 5.91 Å². The molecule has 152 valence electrons. The van der Waals surface area contributed by atoms with Crippen molar-refractivity contribution in [3.05, 3.63) is 64.7 Å². The molecular weight excluding hydrogens is 364 g/mol. The van der Waals surface area contributed by atoms with E-state index >= 15 is 0 Å². The normalized spacial score (nSPS) is 15.1. The molecule has 7 heteroatoms. The first-order valence-corrected chi connectivity index (χ1v) is 10.1. The van der Waals surface area contributed by atoms with E-state index in [-0.39, 0.29) is 5.91 Å². The fourth-order valence-electron chi connectivity index (χ4n) is 3.94. The lowest BCUT2D eigenvalue weighted by atomic mass is 10.1. The molecule has 1 aromatic carbocycles. The van der Waals surface area contributed by atoms with Gasteiger partial charge in [-0.2, -0.15) is 10.2 Å². The Hall–Kier alpha value is -2.93. The maximum atomic E-state index is 12.8. The first-order chi connectivity index (χ1) is 14.0. The number of benzene rings is 1. The fraction of sp³-hybridized carbons (Fsp3) is 0.409. The van der Waals surface area contributed by atoms with Crippen molar-refractivity contribution in [1.82, 2.24) is 29.4 Å². The van der Waals surface area contributed by atoms with Crippen LogP contribution < -0.4 is 0 Å². The Morgan fingerprint density at radius 1 is 1.00 bits per heavy atom. The topological polar surface area (TPSA) is 59.2 Å². The third-order valence-corrected chi connectivity index (χ3v) is 5.95. The van der Waals surface area contributed by atoms with Crippen molar-refractivity contribution in [2.45, 2.75) is 27.3 Å². The first kappa shape index (κ1) is 19.4. The van der Waals surface area contributed by atoms with Gasteiger partial charge in [-0.25, -0.2) is 4.68 Å². The standard InChI is InChI=1S/C22H28N6O/c1-16-21(18(3)28(24-16)19-8-6-5-7-9-19)15-26-10-12-27(13-11-26)22(29)20-14-23-25(4)17(20)2/h5-9,14H,10-13,15H2,1-4H3. The van der Waals surface area contributed by atoms with Crippen molar-refractivity contribution < 1.29 is 4.79 Å². The quantitative estimate of drug-likeness (QED) is 0.685. The van der Waals surface area contributed by atoms with Crippen LogP contribution >= 0.6 is 0 Å². The molecule has 1 saturated heterocycles. The highest BCUT2D eigenvalue weighted by molar-refractivity contribution is 5.95. The predicted molar refractivity (Wildman–Crippen MR) is 112 cm³/mol. The van der Waals surface area contributed by atoms with Crippen molar-refractivity contribution in [3.63, 3.8) is 0 Å². The highest BCUT2D eigenvalue weighted by atomic mass is 16.2. The monoisotopic (exact) mass is 392 g/mol. The highest BCUT2D eigenvalue weighted by Crippen LogP contribution is 2.21. The highest BCUT2D eigenvalue weighted by Gasteiger charge is 2.25. The number of carbonyl (C=O) groups excluding carboxylic acids is 1. The van der Waals surface area contributed by atoms with E-state index in [4.69, 9.17) is 5.10 Å². The summed E-state index contributed by atoms with van der Waals surface area (Å²) in [5.74, 6) is 0.0829. The molecule has 1 aliphatic rings. The molecule has 7 nitrogen and oxygen atoms in total. The number of hydrogen-bond acceptors (Lipinski definition) is 4. The first-order valence-electron chi connectivity index (χ1n) is 10.1. The van der Waals surface area contributed by atoms with Crippen molar-refractivity contribution in [1.29, 1.82) is 0 Å². The van der Waals surface area contributed by atoms with Crippen LogP contribution in [-0.2, 0) is 13.6 Å². The Kier molecular flexibility index (Phi) is 5.24. The van der Waals surface area contributed by atoms with Crippen LogP contribution in [0.2, 0.25) is 0 Å². The lowest BCUT2D eigenvalue weighted by Crippen LogP contribution is -2.48. The lowest BCUT2D eigenvalue weighted by molar-refractivity contribution is 0.0627. The SMILES string of the molecule is Cc1nn(-c2ccccc2)c(C)c1CN1CCN(C(=O)c2cnn(C)c2C)CC1. The van der Waals surface area contributed by atoms with Crippen LogP contribution in [0, 0.1) is 20.8 Å². The zero-order valence-corrected chi connectivity index (χ0v) is 17.6. The van der Waals surface area contributed by atoms with Gasteiger partial charge in [-0.3, -0.25) is 14.4 Å². The smallest absolute Gasteiger partial charge is 0.257 e. The second-order valence-corrected chi connectivity index (χ2v) is 7.73. The molecule has 4 rings (SSSR count). The molecule has 3 aromatic rings. The second kappa shape index (κ2) is 7.83. The molecule has 1 fully saturated rings. The summed E-state index contributed by atoms with van der Waals surface area (Å²) in [6.07, 6.45) is 1.68. The van der Waals surface area contributed by atoms with E-state index in [9.17, 15) is 4.79 Å². The van der Waals surface area contributed by atoms with E-state index in [2.05, 4.69) is 36.0 Å². The summed E-state index contributed by atoms with van der Waals surface area (Å²) in [4.78, 5) is 17.2. The van der Waals surface area contributed by atoms with E-state index in [1.54, 1.807) is 10.9 Å². The van der Waals surface area contributed by atoms with E-state index in [1.165, 1.54) is 11.3 Å². The van der Waals surface area contributed by atoms with Gasteiger partial charge in [-0.1, -0.05) is 18.2 Å². The number of amides is 1. The molecule has 0 N–H and O–H groups in total. The summed E-state index contributed by atoms with van der Waals surface area (Å²) < 4.78 is 3.77. The van der Waals surface area contributed by atoms with Gasteiger partial charge in [0, 0.05) is 56.7 Å². The molecule has 1 aliphatic heterocycles. The summed E-state index contributed by atoms with van der Waals surface area (Å²) in [6.45, 7) is 10.2. The van der Waals surface area contributed by atoms with Crippen LogP contribution in [0.1, 0.15) is 33.0 Å². The van der Waals surface area contributed by atoms with Gasteiger partial charge in [0.1, 0.15) is 0 Å². The van der Waals surface area contributed by atoms with Crippen LogP contribution in [0.3, 0.4) is 0 Å². The van der Waals surface area contributed by atoms with Gasteiger partial charge in [0.15, 0.2) is 0 Å².